The van der Waals surface area contributed by atoms with E-state index in [0.717, 1.165) is 5.52 Å². The Balaban J connectivity index is 1.73. The zero-order valence-electron chi connectivity index (χ0n) is 11.8. The Morgan fingerprint density at radius 2 is 1.65 bits per heavy atom. The van der Waals surface area contributed by atoms with Gasteiger partial charge in [-0.05, 0) is 24.3 Å². The zero-order valence-corrected chi connectivity index (χ0v) is 11.8. The molecule has 0 fully saturated rings. The lowest BCUT2D eigenvalue weighted by molar-refractivity contribution is -0.384. The number of nitro benzene ring substituents is 1. The molecule has 3 rings (SSSR count). The molecule has 0 aliphatic heterocycles. The van der Waals surface area contributed by atoms with Gasteiger partial charge in [-0.1, -0.05) is 6.07 Å². The maximum Gasteiger partial charge on any atom is 0.323 e. The number of amides is 2. The third kappa shape index (κ3) is 3.38. The Morgan fingerprint density at radius 1 is 0.957 bits per heavy atom. The highest BCUT2D eigenvalue weighted by Gasteiger charge is 2.08. The van der Waals surface area contributed by atoms with Crippen LogP contribution in [0.2, 0.25) is 0 Å². The number of rotatable bonds is 3. The number of nitrogens with one attached hydrogen (secondary N) is 2. The quantitative estimate of drug-likeness (QED) is 0.570. The molecule has 0 spiro atoms. The number of fused-ring (bicyclic) bond motifs is 1. The molecular weight excluding hydrogens is 298 g/mol. The first kappa shape index (κ1) is 14.4. The van der Waals surface area contributed by atoms with Crippen LogP contribution in [0.5, 0.6) is 0 Å². The van der Waals surface area contributed by atoms with Crippen molar-refractivity contribution in [2.45, 2.75) is 0 Å². The van der Waals surface area contributed by atoms with E-state index in [2.05, 4.69) is 20.6 Å². The van der Waals surface area contributed by atoms with Crippen molar-refractivity contribution in [1.29, 1.82) is 0 Å². The van der Waals surface area contributed by atoms with Gasteiger partial charge >= 0.3 is 6.03 Å². The van der Waals surface area contributed by atoms with E-state index in [-0.39, 0.29) is 5.69 Å². The molecule has 0 saturated carbocycles. The molecular formula is C15H11N5O3. The van der Waals surface area contributed by atoms with Gasteiger partial charge in [-0.25, -0.2) is 4.79 Å². The Hall–Kier alpha value is -3.55. The van der Waals surface area contributed by atoms with E-state index >= 15 is 0 Å². The molecule has 1 aromatic heterocycles. The van der Waals surface area contributed by atoms with Gasteiger partial charge in [-0.3, -0.25) is 20.1 Å². The largest absolute Gasteiger partial charge is 0.323 e. The van der Waals surface area contributed by atoms with Crippen molar-refractivity contribution in [3.05, 3.63) is 65.0 Å². The van der Waals surface area contributed by atoms with Crippen LogP contribution in [0.1, 0.15) is 0 Å². The van der Waals surface area contributed by atoms with Crippen LogP contribution in [-0.2, 0) is 0 Å². The standard InChI is InChI=1S/C15H11N5O3/c21-15(18-10-2-1-3-12(8-10)20(22)23)19-11-4-5-13-14(9-11)17-7-6-16-13/h1-9H,(H2,18,19,21). The molecule has 0 saturated heterocycles. The van der Waals surface area contributed by atoms with Crippen molar-refractivity contribution in [1.82, 2.24) is 9.97 Å². The van der Waals surface area contributed by atoms with E-state index < -0.39 is 11.0 Å². The van der Waals surface area contributed by atoms with Crippen molar-refractivity contribution in [3.8, 4) is 0 Å². The van der Waals surface area contributed by atoms with Gasteiger partial charge in [0.15, 0.2) is 0 Å². The number of nitro groups is 1. The fourth-order valence-electron chi connectivity index (χ4n) is 2.03. The van der Waals surface area contributed by atoms with E-state index in [1.54, 1.807) is 36.7 Å². The van der Waals surface area contributed by atoms with Crippen LogP contribution in [-0.4, -0.2) is 20.9 Å². The molecule has 1 heterocycles. The summed E-state index contributed by atoms with van der Waals surface area (Å²) in [5.74, 6) is 0. The van der Waals surface area contributed by atoms with Crippen molar-refractivity contribution < 1.29 is 9.72 Å². The first-order valence-electron chi connectivity index (χ1n) is 6.65. The smallest absolute Gasteiger partial charge is 0.308 e. The zero-order chi connectivity index (χ0) is 16.2. The SMILES string of the molecule is O=C(Nc1cccc([N+](=O)[O-])c1)Nc1ccc2nccnc2c1. The fourth-order valence-corrected chi connectivity index (χ4v) is 2.03. The molecule has 0 atom stereocenters. The van der Waals surface area contributed by atoms with Crippen molar-refractivity contribution in [2.75, 3.05) is 10.6 Å². The molecule has 0 bridgehead atoms. The highest BCUT2D eigenvalue weighted by molar-refractivity contribution is 6.00. The second-order valence-corrected chi connectivity index (χ2v) is 4.65. The highest BCUT2D eigenvalue weighted by Crippen LogP contribution is 2.18. The van der Waals surface area contributed by atoms with E-state index in [0.29, 0.717) is 16.9 Å². The molecule has 114 valence electrons. The molecule has 0 aliphatic carbocycles. The maximum absolute atomic E-state index is 12.0. The number of non-ortho nitro benzene ring substituents is 1. The average Bonchev–Trinajstić information content (AvgIpc) is 2.55. The van der Waals surface area contributed by atoms with Crippen LogP contribution < -0.4 is 10.6 Å². The summed E-state index contributed by atoms with van der Waals surface area (Å²) < 4.78 is 0. The Labute approximate surface area is 130 Å². The van der Waals surface area contributed by atoms with Crippen LogP contribution in [0.15, 0.2) is 54.9 Å². The lowest BCUT2D eigenvalue weighted by Gasteiger charge is -2.08. The van der Waals surface area contributed by atoms with Crippen molar-refractivity contribution in [3.63, 3.8) is 0 Å². The van der Waals surface area contributed by atoms with Gasteiger partial charge in [-0.2, -0.15) is 0 Å². The van der Waals surface area contributed by atoms with Gasteiger partial charge in [0.2, 0.25) is 0 Å². The van der Waals surface area contributed by atoms with Crippen molar-refractivity contribution in [2.24, 2.45) is 0 Å². The summed E-state index contributed by atoms with van der Waals surface area (Å²) in [6.07, 6.45) is 3.15. The number of hydrogen-bond donors (Lipinski definition) is 2. The van der Waals surface area contributed by atoms with E-state index in [1.165, 1.54) is 18.2 Å². The summed E-state index contributed by atoms with van der Waals surface area (Å²) in [5, 5.41) is 15.9. The number of carbonyl (C=O) groups excluding carboxylic acids is 1. The highest BCUT2D eigenvalue weighted by atomic mass is 16.6. The first-order valence-corrected chi connectivity index (χ1v) is 6.65. The van der Waals surface area contributed by atoms with Gasteiger partial charge in [0.05, 0.1) is 16.0 Å². The summed E-state index contributed by atoms with van der Waals surface area (Å²) in [6, 6.07) is 10.3. The van der Waals surface area contributed by atoms with Crippen LogP contribution in [0.3, 0.4) is 0 Å². The molecule has 3 aromatic rings. The average molecular weight is 309 g/mol. The number of carbonyl (C=O) groups is 1. The minimum Gasteiger partial charge on any atom is -0.308 e. The molecule has 0 unspecified atom stereocenters. The minimum absolute atomic E-state index is 0.0937. The third-order valence-corrected chi connectivity index (χ3v) is 3.04. The van der Waals surface area contributed by atoms with Gasteiger partial charge in [0.25, 0.3) is 5.69 Å². The summed E-state index contributed by atoms with van der Waals surface area (Å²) in [7, 11) is 0. The number of benzene rings is 2. The summed E-state index contributed by atoms with van der Waals surface area (Å²) in [6.45, 7) is 0. The predicted octanol–water partition coefficient (Wildman–Crippen LogP) is 3.18. The number of anilines is 2. The number of aromatic nitrogens is 2. The molecule has 2 amide bonds. The second-order valence-electron chi connectivity index (χ2n) is 4.65. The number of urea groups is 1. The van der Waals surface area contributed by atoms with Gasteiger partial charge in [-0.15, -0.1) is 0 Å². The molecule has 8 nitrogen and oxygen atoms in total. The molecule has 0 aliphatic rings. The van der Waals surface area contributed by atoms with Gasteiger partial charge in [0, 0.05) is 35.9 Å². The van der Waals surface area contributed by atoms with Crippen LogP contribution in [0.25, 0.3) is 11.0 Å². The third-order valence-electron chi connectivity index (χ3n) is 3.04. The molecule has 2 N–H and O–H groups in total. The van der Waals surface area contributed by atoms with E-state index in [1.807, 2.05) is 0 Å². The molecule has 0 radical (unpaired) electrons. The Bertz CT molecular complexity index is 897. The lowest BCUT2D eigenvalue weighted by Crippen LogP contribution is -2.19. The van der Waals surface area contributed by atoms with E-state index in [9.17, 15) is 14.9 Å². The maximum atomic E-state index is 12.0. The monoisotopic (exact) mass is 309 g/mol. The molecule has 8 heteroatoms. The normalized spacial score (nSPS) is 10.3. The summed E-state index contributed by atoms with van der Waals surface area (Å²) >= 11 is 0. The summed E-state index contributed by atoms with van der Waals surface area (Å²) in [5.41, 5.74) is 2.15. The first-order chi connectivity index (χ1) is 11.1. The second kappa shape index (κ2) is 6.06. The molecule has 2 aromatic carbocycles. The number of hydrogen-bond acceptors (Lipinski definition) is 5. The predicted molar refractivity (Wildman–Crippen MR) is 85.3 cm³/mol. The topological polar surface area (TPSA) is 110 Å². The fraction of sp³-hybridized carbons (Fsp3) is 0. The van der Waals surface area contributed by atoms with Crippen molar-refractivity contribution >= 4 is 34.1 Å². The van der Waals surface area contributed by atoms with Crippen LogP contribution >= 0.6 is 0 Å². The summed E-state index contributed by atoms with van der Waals surface area (Å²) in [4.78, 5) is 30.5. The van der Waals surface area contributed by atoms with Crippen LogP contribution in [0, 0.1) is 10.1 Å². The van der Waals surface area contributed by atoms with Crippen LogP contribution in [0.4, 0.5) is 21.9 Å². The van der Waals surface area contributed by atoms with Gasteiger partial charge < -0.3 is 10.6 Å². The Kier molecular flexibility index (Phi) is 3.79. The molecule has 23 heavy (non-hydrogen) atoms. The van der Waals surface area contributed by atoms with E-state index in [4.69, 9.17) is 0 Å². The Morgan fingerprint density at radius 3 is 2.39 bits per heavy atom. The minimum atomic E-state index is -0.523. The lowest BCUT2D eigenvalue weighted by atomic mass is 10.2. The number of nitrogens with zero attached hydrogens (tertiary/aromatic N) is 3. The van der Waals surface area contributed by atoms with Gasteiger partial charge in [0.1, 0.15) is 0 Å².